The molecular formula is C17H25N3O4S3. The van der Waals surface area contributed by atoms with Crippen molar-refractivity contribution in [3.63, 3.8) is 0 Å². The van der Waals surface area contributed by atoms with E-state index in [1.165, 1.54) is 10.4 Å². The second kappa shape index (κ2) is 9.40. The van der Waals surface area contributed by atoms with Crippen LogP contribution in [0.2, 0.25) is 0 Å². The molecule has 150 valence electrons. The van der Waals surface area contributed by atoms with Gasteiger partial charge in [-0.15, -0.1) is 11.3 Å². The fraction of sp³-hybridized carbons (Fsp3) is 0.647. The molecule has 10 heteroatoms. The number of thioether (sulfide) groups is 1. The van der Waals surface area contributed by atoms with Crippen LogP contribution in [0.1, 0.15) is 35.4 Å². The molecule has 2 heterocycles. The van der Waals surface area contributed by atoms with Crippen LogP contribution in [0.5, 0.6) is 0 Å². The predicted molar refractivity (Wildman–Crippen MR) is 108 cm³/mol. The van der Waals surface area contributed by atoms with Crippen molar-refractivity contribution in [2.45, 2.75) is 30.6 Å². The van der Waals surface area contributed by atoms with Gasteiger partial charge in [-0.05, 0) is 24.3 Å². The molecule has 0 unspecified atom stereocenters. The lowest BCUT2D eigenvalue weighted by atomic mass is 10.1. The van der Waals surface area contributed by atoms with E-state index in [1.54, 1.807) is 17.1 Å². The standard InChI is InChI=1S/C17H25N3O4S3/c21-16(13-3-1-2-4-13)18-6-7-19-17(22)15-14(5-10-26-15)27(23,24)20-8-11-25-12-9-20/h5,10,13H,1-4,6-9,11-12H2,(H,18,21)(H,19,22). The van der Waals surface area contributed by atoms with Crippen LogP contribution >= 0.6 is 23.1 Å². The van der Waals surface area contributed by atoms with Crippen LogP contribution in [0.3, 0.4) is 0 Å². The molecule has 1 aliphatic carbocycles. The monoisotopic (exact) mass is 431 g/mol. The molecule has 1 saturated carbocycles. The predicted octanol–water partition coefficient (Wildman–Crippen LogP) is 1.52. The lowest BCUT2D eigenvalue weighted by molar-refractivity contribution is -0.124. The summed E-state index contributed by atoms with van der Waals surface area (Å²) in [6.45, 7) is 1.56. The van der Waals surface area contributed by atoms with Gasteiger partial charge in [0.25, 0.3) is 5.91 Å². The average Bonchev–Trinajstić information content (AvgIpc) is 3.37. The largest absolute Gasteiger partial charge is 0.354 e. The molecule has 1 saturated heterocycles. The van der Waals surface area contributed by atoms with Crippen molar-refractivity contribution in [1.82, 2.24) is 14.9 Å². The number of nitrogens with one attached hydrogen (secondary N) is 2. The first-order valence-electron chi connectivity index (χ1n) is 9.21. The van der Waals surface area contributed by atoms with Gasteiger partial charge in [-0.25, -0.2) is 8.42 Å². The van der Waals surface area contributed by atoms with Crippen molar-refractivity contribution in [2.24, 2.45) is 5.92 Å². The Balaban J connectivity index is 1.53. The summed E-state index contributed by atoms with van der Waals surface area (Å²) in [7, 11) is -3.65. The summed E-state index contributed by atoms with van der Waals surface area (Å²) in [5, 5.41) is 7.19. The van der Waals surface area contributed by atoms with Crippen LogP contribution in [0.15, 0.2) is 16.3 Å². The van der Waals surface area contributed by atoms with Crippen molar-refractivity contribution in [3.05, 3.63) is 16.3 Å². The summed E-state index contributed by atoms with van der Waals surface area (Å²) < 4.78 is 27.1. The van der Waals surface area contributed by atoms with Gasteiger partial charge < -0.3 is 10.6 Å². The number of thiophene rings is 1. The Morgan fingerprint density at radius 1 is 1.11 bits per heavy atom. The van der Waals surface area contributed by atoms with Gasteiger partial charge in [-0.2, -0.15) is 16.1 Å². The second-order valence-corrected chi connectivity index (χ2v) is 10.7. The summed E-state index contributed by atoms with van der Waals surface area (Å²) >= 11 is 2.85. The number of carbonyl (C=O) groups is 2. The topological polar surface area (TPSA) is 95.6 Å². The van der Waals surface area contributed by atoms with Gasteiger partial charge in [-0.1, -0.05) is 12.8 Å². The molecule has 2 fully saturated rings. The summed E-state index contributed by atoms with van der Waals surface area (Å²) in [4.78, 5) is 24.7. The third-order valence-corrected chi connectivity index (χ3v) is 8.78. The zero-order valence-electron chi connectivity index (χ0n) is 15.1. The first-order valence-corrected chi connectivity index (χ1v) is 12.7. The molecule has 0 spiro atoms. The molecule has 3 rings (SSSR count). The van der Waals surface area contributed by atoms with Gasteiger partial charge in [0.05, 0.1) is 0 Å². The fourth-order valence-corrected chi connectivity index (χ4v) is 7.26. The lowest BCUT2D eigenvalue weighted by Gasteiger charge is -2.25. The zero-order valence-corrected chi connectivity index (χ0v) is 17.6. The van der Waals surface area contributed by atoms with E-state index in [1.807, 2.05) is 0 Å². The molecule has 2 N–H and O–H groups in total. The highest BCUT2D eigenvalue weighted by Crippen LogP contribution is 2.27. The minimum absolute atomic E-state index is 0.0455. The molecule has 1 aliphatic heterocycles. The molecule has 27 heavy (non-hydrogen) atoms. The maximum absolute atomic E-state index is 12.8. The number of amides is 2. The van der Waals surface area contributed by atoms with Crippen LogP contribution in [-0.2, 0) is 14.8 Å². The maximum Gasteiger partial charge on any atom is 0.262 e. The molecule has 0 bridgehead atoms. The van der Waals surface area contributed by atoms with E-state index in [4.69, 9.17) is 0 Å². The molecule has 7 nitrogen and oxygen atoms in total. The van der Waals surface area contributed by atoms with Crippen LogP contribution in [0.25, 0.3) is 0 Å². The third-order valence-electron chi connectivity index (χ3n) is 4.86. The highest BCUT2D eigenvalue weighted by atomic mass is 32.2. The number of carbonyl (C=O) groups excluding carboxylic acids is 2. The Morgan fingerprint density at radius 2 is 1.78 bits per heavy atom. The van der Waals surface area contributed by atoms with Crippen LogP contribution < -0.4 is 10.6 Å². The summed E-state index contributed by atoms with van der Waals surface area (Å²) in [5.41, 5.74) is 0. The molecular weight excluding hydrogens is 406 g/mol. The van der Waals surface area contributed by atoms with E-state index in [0.717, 1.165) is 48.5 Å². The number of nitrogens with zero attached hydrogens (tertiary/aromatic N) is 1. The van der Waals surface area contributed by atoms with Gasteiger partial charge in [0.2, 0.25) is 15.9 Å². The van der Waals surface area contributed by atoms with Crippen LogP contribution in [-0.4, -0.2) is 62.2 Å². The van der Waals surface area contributed by atoms with E-state index in [0.29, 0.717) is 19.6 Å². The Labute approximate surface area is 168 Å². The van der Waals surface area contributed by atoms with Crippen molar-refractivity contribution in [3.8, 4) is 0 Å². The number of hydrogen-bond acceptors (Lipinski definition) is 6. The van der Waals surface area contributed by atoms with Gasteiger partial charge in [0, 0.05) is 43.6 Å². The Hall–Kier alpha value is -1.10. The molecule has 1 aromatic heterocycles. The highest BCUT2D eigenvalue weighted by Gasteiger charge is 2.31. The second-order valence-electron chi connectivity index (χ2n) is 6.66. The molecule has 0 atom stereocenters. The molecule has 1 aromatic rings. The van der Waals surface area contributed by atoms with Crippen LogP contribution in [0.4, 0.5) is 0 Å². The maximum atomic E-state index is 12.8. The van der Waals surface area contributed by atoms with Crippen LogP contribution in [0, 0.1) is 5.92 Å². The number of hydrogen-bond donors (Lipinski definition) is 2. The molecule has 0 radical (unpaired) electrons. The molecule has 2 aliphatic rings. The van der Waals surface area contributed by atoms with E-state index in [2.05, 4.69) is 10.6 Å². The number of rotatable bonds is 7. The van der Waals surface area contributed by atoms with E-state index in [-0.39, 0.29) is 28.1 Å². The summed E-state index contributed by atoms with van der Waals surface area (Å²) in [6.07, 6.45) is 4.06. The SMILES string of the molecule is O=C(NCCNC(=O)C1CCCC1)c1sccc1S(=O)(=O)N1CCSCC1. The Bertz CT molecular complexity index is 766. The molecule has 0 aromatic carbocycles. The van der Waals surface area contributed by atoms with E-state index < -0.39 is 15.9 Å². The van der Waals surface area contributed by atoms with Crippen molar-refractivity contribution in [2.75, 3.05) is 37.7 Å². The normalized spacial score (nSPS) is 19.1. The van der Waals surface area contributed by atoms with Crippen molar-refractivity contribution in [1.29, 1.82) is 0 Å². The quantitative estimate of drug-likeness (QED) is 0.638. The van der Waals surface area contributed by atoms with Crippen molar-refractivity contribution < 1.29 is 18.0 Å². The van der Waals surface area contributed by atoms with Gasteiger partial charge in [0.1, 0.15) is 9.77 Å². The van der Waals surface area contributed by atoms with Crippen molar-refractivity contribution >= 4 is 44.9 Å². The first kappa shape index (κ1) is 20.6. The number of sulfonamides is 1. The third kappa shape index (κ3) is 5.04. The van der Waals surface area contributed by atoms with E-state index in [9.17, 15) is 18.0 Å². The first-order chi connectivity index (χ1) is 13.0. The van der Waals surface area contributed by atoms with E-state index >= 15 is 0 Å². The fourth-order valence-electron chi connectivity index (χ4n) is 3.37. The summed E-state index contributed by atoms with van der Waals surface area (Å²) in [6, 6.07) is 1.50. The highest BCUT2D eigenvalue weighted by molar-refractivity contribution is 7.99. The van der Waals surface area contributed by atoms with Gasteiger partial charge >= 0.3 is 0 Å². The average molecular weight is 432 g/mol. The summed E-state index contributed by atoms with van der Waals surface area (Å²) in [5.74, 6) is 1.27. The molecule has 2 amide bonds. The minimum atomic E-state index is -3.65. The lowest BCUT2D eigenvalue weighted by Crippen LogP contribution is -2.39. The Morgan fingerprint density at radius 3 is 2.48 bits per heavy atom. The van der Waals surface area contributed by atoms with Gasteiger partial charge in [-0.3, -0.25) is 9.59 Å². The zero-order chi connectivity index (χ0) is 19.3. The van der Waals surface area contributed by atoms with Gasteiger partial charge in [0.15, 0.2) is 0 Å². The smallest absolute Gasteiger partial charge is 0.262 e. The Kier molecular flexibility index (Phi) is 7.18. The minimum Gasteiger partial charge on any atom is -0.354 e.